The van der Waals surface area contributed by atoms with E-state index in [-0.39, 0.29) is 30.4 Å². The van der Waals surface area contributed by atoms with E-state index in [2.05, 4.69) is 5.32 Å². The maximum Gasteiger partial charge on any atom is 0.268 e. The molecule has 3 amide bonds. The maximum absolute atomic E-state index is 13.5. The van der Waals surface area contributed by atoms with Crippen LogP contribution in [0.4, 0.5) is 15.8 Å². The zero-order chi connectivity index (χ0) is 22.3. The van der Waals surface area contributed by atoms with Gasteiger partial charge in [0.1, 0.15) is 5.82 Å². The van der Waals surface area contributed by atoms with Crippen molar-refractivity contribution in [3.8, 4) is 0 Å². The van der Waals surface area contributed by atoms with E-state index < -0.39 is 23.2 Å². The van der Waals surface area contributed by atoms with Crippen LogP contribution in [0.2, 0.25) is 5.02 Å². The average Bonchev–Trinajstić information content (AvgIpc) is 3.04. The molecule has 0 spiro atoms. The van der Waals surface area contributed by atoms with Gasteiger partial charge in [-0.05, 0) is 53.9 Å². The van der Waals surface area contributed by atoms with E-state index in [0.717, 1.165) is 17.3 Å². The van der Waals surface area contributed by atoms with Crippen LogP contribution in [-0.2, 0) is 27.3 Å². The van der Waals surface area contributed by atoms with Gasteiger partial charge in [-0.15, -0.1) is 0 Å². The van der Waals surface area contributed by atoms with Crippen molar-refractivity contribution in [2.24, 2.45) is 0 Å². The van der Waals surface area contributed by atoms with Gasteiger partial charge in [0.25, 0.3) is 11.8 Å². The van der Waals surface area contributed by atoms with Gasteiger partial charge in [0.05, 0.1) is 0 Å². The molecule has 2 heterocycles. The van der Waals surface area contributed by atoms with Gasteiger partial charge in [-0.2, -0.15) is 0 Å². The Morgan fingerprint density at radius 3 is 2.74 bits per heavy atom. The number of amides is 3. The van der Waals surface area contributed by atoms with Crippen molar-refractivity contribution in [1.82, 2.24) is 5.32 Å². The van der Waals surface area contributed by atoms with Crippen LogP contribution in [0.5, 0.6) is 0 Å². The molecule has 9 heteroatoms. The largest absolute Gasteiger partial charge is 0.372 e. The zero-order valence-electron chi connectivity index (χ0n) is 16.8. The van der Waals surface area contributed by atoms with Crippen molar-refractivity contribution >= 4 is 40.7 Å². The van der Waals surface area contributed by atoms with Crippen molar-refractivity contribution in [2.75, 3.05) is 23.4 Å². The zero-order valence-corrected chi connectivity index (χ0v) is 17.6. The molecular weight excluding hydrogens is 425 g/mol. The number of carbonyl (C=O) groups is 3. The molecule has 162 valence electrons. The van der Waals surface area contributed by atoms with E-state index in [1.807, 2.05) is 6.07 Å². The molecule has 2 aromatic rings. The van der Waals surface area contributed by atoms with Crippen LogP contribution >= 0.6 is 11.6 Å². The van der Waals surface area contributed by atoms with Gasteiger partial charge in [-0.1, -0.05) is 11.6 Å². The summed E-state index contributed by atoms with van der Waals surface area (Å²) in [6, 6.07) is 9.13. The molecule has 1 saturated heterocycles. The number of anilines is 2. The Hall–Kier alpha value is -2.97. The van der Waals surface area contributed by atoms with Gasteiger partial charge < -0.3 is 20.2 Å². The number of benzene rings is 2. The molecule has 0 radical (unpaired) electrons. The Bertz CT molecular complexity index is 1070. The van der Waals surface area contributed by atoms with Crippen LogP contribution in [0.25, 0.3) is 0 Å². The molecule has 2 aliphatic heterocycles. The number of rotatable bonds is 4. The molecule has 2 N–H and O–H groups in total. The predicted octanol–water partition coefficient (Wildman–Crippen LogP) is 2.17. The molecule has 2 aliphatic rings. The first-order valence-corrected chi connectivity index (χ1v) is 10.2. The summed E-state index contributed by atoms with van der Waals surface area (Å²) in [7, 11) is 1.70. The smallest absolute Gasteiger partial charge is 0.268 e. The standard InChI is InChI=1S/C22H21ClFN3O4/c1-26-18-4-3-17(10-14(18)2-5-19(26)28)27-7-6-22(31,21(27)30)20(29)25-12-13-8-15(23)11-16(24)9-13/h3-4,8-11,31H,2,5-7,12H2,1H3,(H,25,29)/t22-/m1/s1. The van der Waals surface area contributed by atoms with E-state index >= 15 is 0 Å². The first-order chi connectivity index (χ1) is 14.7. The molecule has 31 heavy (non-hydrogen) atoms. The fourth-order valence-electron chi connectivity index (χ4n) is 4.01. The summed E-state index contributed by atoms with van der Waals surface area (Å²) in [5, 5.41) is 13.5. The van der Waals surface area contributed by atoms with E-state index in [9.17, 15) is 23.9 Å². The third-order valence-electron chi connectivity index (χ3n) is 5.77. The molecule has 0 bridgehead atoms. The minimum absolute atomic E-state index is 0.0307. The summed E-state index contributed by atoms with van der Waals surface area (Å²) in [5.74, 6) is -2.08. The Morgan fingerprint density at radius 1 is 1.23 bits per heavy atom. The highest BCUT2D eigenvalue weighted by atomic mass is 35.5. The van der Waals surface area contributed by atoms with Crippen LogP contribution < -0.4 is 15.1 Å². The SMILES string of the molecule is CN1C(=O)CCc2cc(N3CC[C@@](O)(C(=O)NCc4cc(F)cc(Cl)c4)C3=O)ccc21. The number of fused-ring (bicyclic) bond motifs is 1. The summed E-state index contributed by atoms with van der Waals surface area (Å²) >= 11 is 5.81. The van der Waals surface area contributed by atoms with Crippen LogP contribution in [0.3, 0.4) is 0 Å². The van der Waals surface area contributed by atoms with Crippen molar-refractivity contribution < 1.29 is 23.9 Å². The number of nitrogens with zero attached hydrogens (tertiary/aromatic N) is 2. The minimum atomic E-state index is -2.21. The number of nitrogens with one attached hydrogen (secondary N) is 1. The molecule has 4 rings (SSSR count). The van der Waals surface area contributed by atoms with Gasteiger partial charge in [0, 0.05) is 49.4 Å². The van der Waals surface area contributed by atoms with Gasteiger partial charge in [-0.25, -0.2) is 4.39 Å². The van der Waals surface area contributed by atoms with E-state index in [4.69, 9.17) is 11.6 Å². The van der Waals surface area contributed by atoms with Crippen molar-refractivity contribution in [3.05, 3.63) is 58.4 Å². The Morgan fingerprint density at radius 2 is 2.00 bits per heavy atom. The molecule has 1 fully saturated rings. The Labute approximate surface area is 183 Å². The van der Waals surface area contributed by atoms with E-state index in [0.29, 0.717) is 24.1 Å². The highest BCUT2D eigenvalue weighted by molar-refractivity contribution is 6.30. The molecule has 7 nitrogen and oxygen atoms in total. The summed E-state index contributed by atoms with van der Waals surface area (Å²) in [6.45, 7) is 0.0905. The normalized spacial score (nSPS) is 20.8. The average molecular weight is 446 g/mol. The van der Waals surface area contributed by atoms with Crippen molar-refractivity contribution in [1.29, 1.82) is 0 Å². The van der Waals surface area contributed by atoms with Crippen molar-refractivity contribution in [3.63, 3.8) is 0 Å². The van der Waals surface area contributed by atoms with Gasteiger partial charge in [0.15, 0.2) is 0 Å². The lowest BCUT2D eigenvalue weighted by atomic mass is 10.00. The number of hydrogen-bond acceptors (Lipinski definition) is 4. The monoisotopic (exact) mass is 445 g/mol. The predicted molar refractivity (Wildman–Crippen MR) is 113 cm³/mol. The second-order valence-corrected chi connectivity index (χ2v) is 8.23. The molecular formula is C22H21ClFN3O4. The van der Waals surface area contributed by atoms with Crippen molar-refractivity contribution in [2.45, 2.75) is 31.4 Å². The molecule has 0 aliphatic carbocycles. The van der Waals surface area contributed by atoms with E-state index in [1.165, 1.54) is 17.0 Å². The number of hydrogen-bond donors (Lipinski definition) is 2. The number of carbonyl (C=O) groups excluding carboxylic acids is 3. The quantitative estimate of drug-likeness (QED) is 0.706. The number of halogens is 2. The Kier molecular flexibility index (Phi) is 5.45. The number of aryl methyl sites for hydroxylation is 1. The first kappa shape index (κ1) is 21.3. The van der Waals surface area contributed by atoms with Gasteiger partial charge >= 0.3 is 0 Å². The summed E-state index contributed by atoms with van der Waals surface area (Å²) < 4.78 is 13.5. The van der Waals surface area contributed by atoms with Gasteiger partial charge in [-0.3, -0.25) is 14.4 Å². The highest BCUT2D eigenvalue weighted by Gasteiger charge is 2.51. The highest BCUT2D eigenvalue weighted by Crippen LogP contribution is 2.34. The second kappa shape index (κ2) is 7.94. The Balaban J connectivity index is 1.49. The summed E-state index contributed by atoms with van der Waals surface area (Å²) in [4.78, 5) is 40.4. The molecule has 1 atom stereocenters. The van der Waals surface area contributed by atoms with Crippen LogP contribution in [0, 0.1) is 5.82 Å². The lowest BCUT2D eigenvalue weighted by Crippen LogP contribution is -2.52. The first-order valence-electron chi connectivity index (χ1n) is 9.86. The fraction of sp³-hybridized carbons (Fsp3) is 0.318. The lowest BCUT2D eigenvalue weighted by molar-refractivity contribution is -0.149. The molecule has 0 unspecified atom stereocenters. The maximum atomic E-state index is 13.5. The van der Waals surface area contributed by atoms with E-state index in [1.54, 1.807) is 24.1 Å². The van der Waals surface area contributed by atoms with Crippen LogP contribution in [0.15, 0.2) is 36.4 Å². The molecule has 0 saturated carbocycles. The fourth-order valence-corrected chi connectivity index (χ4v) is 4.26. The number of aliphatic hydroxyl groups is 1. The third kappa shape index (κ3) is 3.88. The molecule has 0 aromatic heterocycles. The van der Waals surface area contributed by atoms with Crippen LogP contribution in [0.1, 0.15) is 24.0 Å². The second-order valence-electron chi connectivity index (χ2n) is 7.79. The topological polar surface area (TPSA) is 89.9 Å². The lowest BCUT2D eigenvalue weighted by Gasteiger charge is -2.28. The van der Waals surface area contributed by atoms with Gasteiger partial charge in [0.2, 0.25) is 11.5 Å². The minimum Gasteiger partial charge on any atom is -0.372 e. The van der Waals surface area contributed by atoms with Crippen LogP contribution in [-0.4, -0.2) is 42.0 Å². The summed E-state index contributed by atoms with van der Waals surface area (Å²) in [5.41, 5.74) is 0.480. The third-order valence-corrected chi connectivity index (χ3v) is 5.98. The molecule has 2 aromatic carbocycles. The summed E-state index contributed by atoms with van der Waals surface area (Å²) in [6.07, 6.45) is 0.879.